The lowest BCUT2D eigenvalue weighted by atomic mass is 9.87. The van der Waals surface area contributed by atoms with E-state index in [2.05, 4.69) is 17.4 Å². The van der Waals surface area contributed by atoms with Crippen molar-refractivity contribution >= 4 is 15.9 Å². The summed E-state index contributed by atoms with van der Waals surface area (Å²) < 4.78 is 33.2. The molecular formula is C23H28N2O4S. The molecule has 2 aliphatic rings. The van der Waals surface area contributed by atoms with Gasteiger partial charge in [0.05, 0.1) is 24.2 Å². The Labute approximate surface area is 178 Å². The highest BCUT2D eigenvalue weighted by molar-refractivity contribution is 7.89. The Bertz CT molecular complexity index is 1030. The van der Waals surface area contributed by atoms with Gasteiger partial charge in [0, 0.05) is 18.7 Å². The van der Waals surface area contributed by atoms with E-state index in [1.54, 1.807) is 12.1 Å². The molecule has 1 aliphatic heterocycles. The first-order valence-electron chi connectivity index (χ1n) is 10.6. The third kappa shape index (κ3) is 4.15. The first kappa shape index (κ1) is 21.0. The topological polar surface area (TPSA) is 75.7 Å². The number of amides is 1. The van der Waals surface area contributed by atoms with Gasteiger partial charge in [0.15, 0.2) is 0 Å². The van der Waals surface area contributed by atoms with E-state index in [0.717, 1.165) is 30.4 Å². The second-order valence-electron chi connectivity index (χ2n) is 7.81. The summed E-state index contributed by atoms with van der Waals surface area (Å²) in [7, 11) is -3.67. The van der Waals surface area contributed by atoms with E-state index in [9.17, 15) is 13.2 Å². The van der Waals surface area contributed by atoms with Crippen molar-refractivity contribution in [1.29, 1.82) is 0 Å². The number of nitrogens with zero attached hydrogens (tertiary/aromatic N) is 1. The molecule has 0 aromatic heterocycles. The third-order valence-corrected chi connectivity index (χ3v) is 7.95. The van der Waals surface area contributed by atoms with Gasteiger partial charge in [0.1, 0.15) is 0 Å². The van der Waals surface area contributed by atoms with Crippen molar-refractivity contribution in [3.05, 3.63) is 64.7 Å². The zero-order valence-corrected chi connectivity index (χ0v) is 18.1. The second kappa shape index (κ2) is 8.88. The predicted octanol–water partition coefficient (Wildman–Crippen LogP) is 3.08. The van der Waals surface area contributed by atoms with Crippen LogP contribution in [-0.2, 0) is 27.6 Å². The van der Waals surface area contributed by atoms with Crippen molar-refractivity contribution in [3.63, 3.8) is 0 Å². The maximum Gasteiger partial charge on any atom is 0.251 e. The summed E-state index contributed by atoms with van der Waals surface area (Å²) in [5, 5.41) is 3.12. The summed E-state index contributed by atoms with van der Waals surface area (Å²) in [6.07, 6.45) is 3.51. The van der Waals surface area contributed by atoms with E-state index in [4.69, 9.17) is 4.74 Å². The molecule has 0 radical (unpaired) electrons. The number of ether oxygens (including phenoxy) is 1. The Morgan fingerprint density at radius 1 is 1.17 bits per heavy atom. The first-order valence-corrected chi connectivity index (χ1v) is 12.0. The van der Waals surface area contributed by atoms with Crippen molar-refractivity contribution in [2.45, 2.75) is 43.5 Å². The Hall–Kier alpha value is -2.22. The molecule has 0 spiro atoms. The first-order chi connectivity index (χ1) is 14.5. The maximum atomic E-state index is 13.2. The normalized spacial score (nSPS) is 19.8. The van der Waals surface area contributed by atoms with Crippen LogP contribution in [0.15, 0.2) is 47.4 Å². The standard InChI is InChI=1S/C23H28N2O4S/c1-2-17-10-11-19(16-22(17)30(27,28)25-12-14-29-15-13-25)23(26)24-21-9-5-7-18-6-3-4-8-20(18)21/h3-4,6,8,10-11,16,21H,2,5,7,9,12-15H2,1H3,(H,24,26). The molecule has 4 rings (SSSR count). The predicted molar refractivity (Wildman–Crippen MR) is 115 cm³/mol. The van der Waals surface area contributed by atoms with Crippen LogP contribution in [0.2, 0.25) is 0 Å². The molecule has 1 heterocycles. The number of fused-ring (bicyclic) bond motifs is 1. The lowest BCUT2D eigenvalue weighted by Gasteiger charge is -2.28. The van der Waals surface area contributed by atoms with Gasteiger partial charge in [-0.15, -0.1) is 0 Å². The summed E-state index contributed by atoms with van der Waals surface area (Å²) in [5.41, 5.74) is 3.53. The van der Waals surface area contributed by atoms with Gasteiger partial charge in [-0.1, -0.05) is 37.3 Å². The Morgan fingerprint density at radius 2 is 1.93 bits per heavy atom. The summed E-state index contributed by atoms with van der Waals surface area (Å²) >= 11 is 0. The van der Waals surface area contributed by atoms with Crippen molar-refractivity contribution < 1.29 is 17.9 Å². The molecule has 1 fully saturated rings. The molecule has 0 bridgehead atoms. The van der Waals surface area contributed by atoms with E-state index in [-0.39, 0.29) is 16.8 Å². The monoisotopic (exact) mass is 428 g/mol. The lowest BCUT2D eigenvalue weighted by Crippen LogP contribution is -2.41. The number of carbonyl (C=O) groups excluding carboxylic acids is 1. The molecule has 1 aliphatic carbocycles. The number of aryl methyl sites for hydroxylation is 2. The highest BCUT2D eigenvalue weighted by Gasteiger charge is 2.29. The fraction of sp³-hybridized carbons (Fsp3) is 0.435. The molecule has 1 unspecified atom stereocenters. The van der Waals surface area contributed by atoms with Gasteiger partial charge in [0.2, 0.25) is 10.0 Å². The van der Waals surface area contributed by atoms with E-state index in [1.807, 2.05) is 19.1 Å². The van der Waals surface area contributed by atoms with Crippen molar-refractivity contribution in [2.24, 2.45) is 0 Å². The molecule has 30 heavy (non-hydrogen) atoms. The average molecular weight is 429 g/mol. The maximum absolute atomic E-state index is 13.2. The molecule has 1 amide bonds. The SMILES string of the molecule is CCc1ccc(C(=O)NC2CCCc3ccccc32)cc1S(=O)(=O)N1CCOCC1. The lowest BCUT2D eigenvalue weighted by molar-refractivity contribution is 0.0730. The molecule has 2 aromatic carbocycles. The van der Waals surface area contributed by atoms with Crippen molar-refractivity contribution in [1.82, 2.24) is 9.62 Å². The van der Waals surface area contributed by atoms with Crippen LogP contribution in [0.4, 0.5) is 0 Å². The van der Waals surface area contributed by atoms with Crippen LogP contribution in [0.1, 0.15) is 52.9 Å². The Morgan fingerprint density at radius 3 is 2.70 bits per heavy atom. The van der Waals surface area contributed by atoms with Gasteiger partial charge >= 0.3 is 0 Å². The number of nitrogens with one attached hydrogen (secondary N) is 1. The molecule has 1 saturated heterocycles. The Kier molecular flexibility index (Phi) is 6.22. The van der Waals surface area contributed by atoms with Crippen LogP contribution >= 0.6 is 0 Å². The minimum absolute atomic E-state index is 0.0485. The quantitative estimate of drug-likeness (QED) is 0.794. The number of rotatable bonds is 5. The number of benzene rings is 2. The third-order valence-electron chi connectivity index (χ3n) is 5.97. The molecule has 6 nitrogen and oxygen atoms in total. The van der Waals surface area contributed by atoms with Crippen LogP contribution in [0.25, 0.3) is 0 Å². The fourth-order valence-electron chi connectivity index (χ4n) is 4.30. The highest BCUT2D eigenvalue weighted by Crippen LogP contribution is 2.30. The average Bonchev–Trinajstić information content (AvgIpc) is 2.79. The van der Waals surface area contributed by atoms with Gasteiger partial charge < -0.3 is 10.1 Å². The number of hydrogen-bond donors (Lipinski definition) is 1. The Balaban J connectivity index is 1.61. The molecule has 1 N–H and O–H groups in total. The van der Waals surface area contributed by atoms with Crippen molar-refractivity contribution in [2.75, 3.05) is 26.3 Å². The van der Waals surface area contributed by atoms with E-state index >= 15 is 0 Å². The molecule has 160 valence electrons. The van der Waals surface area contributed by atoms with Crippen LogP contribution in [-0.4, -0.2) is 44.9 Å². The summed E-state index contributed by atoms with van der Waals surface area (Å²) in [6, 6.07) is 13.2. The van der Waals surface area contributed by atoms with Gasteiger partial charge in [-0.05, 0) is 54.5 Å². The summed E-state index contributed by atoms with van der Waals surface area (Å²) in [5.74, 6) is -0.238. The highest BCUT2D eigenvalue weighted by atomic mass is 32.2. The van der Waals surface area contributed by atoms with Crippen LogP contribution in [0.5, 0.6) is 0 Å². The molecule has 0 saturated carbocycles. The molecule has 2 aromatic rings. The van der Waals surface area contributed by atoms with E-state index in [1.165, 1.54) is 15.9 Å². The summed E-state index contributed by atoms with van der Waals surface area (Å²) in [6.45, 7) is 3.37. The summed E-state index contributed by atoms with van der Waals surface area (Å²) in [4.78, 5) is 13.3. The van der Waals surface area contributed by atoms with Gasteiger partial charge in [0.25, 0.3) is 5.91 Å². The van der Waals surface area contributed by atoms with E-state index < -0.39 is 10.0 Å². The molecular weight excluding hydrogens is 400 g/mol. The van der Waals surface area contributed by atoms with Gasteiger partial charge in [-0.25, -0.2) is 8.42 Å². The fourth-order valence-corrected chi connectivity index (χ4v) is 6.03. The zero-order chi connectivity index (χ0) is 21.1. The smallest absolute Gasteiger partial charge is 0.251 e. The molecule has 1 atom stereocenters. The second-order valence-corrected chi connectivity index (χ2v) is 9.72. The zero-order valence-electron chi connectivity index (χ0n) is 17.3. The van der Waals surface area contributed by atoms with Crippen LogP contribution in [0.3, 0.4) is 0 Å². The van der Waals surface area contributed by atoms with Crippen molar-refractivity contribution in [3.8, 4) is 0 Å². The van der Waals surface area contributed by atoms with Crippen LogP contribution in [0, 0.1) is 0 Å². The minimum Gasteiger partial charge on any atom is -0.379 e. The number of morpholine rings is 1. The molecule has 7 heteroatoms. The number of sulfonamides is 1. The number of hydrogen-bond acceptors (Lipinski definition) is 4. The van der Waals surface area contributed by atoms with Crippen LogP contribution < -0.4 is 5.32 Å². The minimum atomic E-state index is -3.67. The van der Waals surface area contributed by atoms with Gasteiger partial charge in [-0.3, -0.25) is 4.79 Å². The van der Waals surface area contributed by atoms with Gasteiger partial charge in [-0.2, -0.15) is 4.31 Å². The number of carbonyl (C=O) groups is 1. The largest absolute Gasteiger partial charge is 0.379 e. The van der Waals surface area contributed by atoms with E-state index in [0.29, 0.717) is 38.3 Å².